The number of anilines is 2. The Labute approximate surface area is 198 Å². The van der Waals surface area contributed by atoms with Gasteiger partial charge in [-0.3, -0.25) is 9.59 Å². The van der Waals surface area contributed by atoms with E-state index in [0.29, 0.717) is 32.4 Å². The van der Waals surface area contributed by atoms with Crippen molar-refractivity contribution in [2.24, 2.45) is 5.10 Å². The number of hydrogen-bond donors (Lipinski definition) is 2. The van der Waals surface area contributed by atoms with Crippen LogP contribution in [0, 0.1) is 13.5 Å². The van der Waals surface area contributed by atoms with Gasteiger partial charge in [0, 0.05) is 5.69 Å². The molecule has 0 saturated heterocycles. The molecule has 33 heavy (non-hydrogen) atoms. The number of benzene rings is 2. The highest BCUT2D eigenvalue weighted by Crippen LogP contribution is 2.32. The summed E-state index contributed by atoms with van der Waals surface area (Å²) in [4.78, 5) is 29.5. The van der Waals surface area contributed by atoms with E-state index in [1.807, 2.05) is 0 Å². The van der Waals surface area contributed by atoms with Crippen LogP contribution in [0.25, 0.3) is 4.95 Å². The minimum atomic E-state index is -4.01. The van der Waals surface area contributed by atoms with Crippen LogP contribution in [0.2, 0.25) is 4.34 Å². The largest absolute Gasteiger partial charge is 0.320 e. The lowest BCUT2D eigenvalue weighted by Gasteiger charge is -2.18. The molecule has 2 aromatic carbocycles. The van der Waals surface area contributed by atoms with Crippen molar-refractivity contribution in [2.45, 2.75) is 11.1 Å². The monoisotopic (exact) mass is 499 g/mol. The Morgan fingerprint density at radius 2 is 1.76 bits per heavy atom. The fraction of sp³-hybridized carbons (Fsp3) is 0.0476. The van der Waals surface area contributed by atoms with Crippen LogP contribution >= 0.6 is 22.9 Å². The minimum absolute atomic E-state index is 0.0378. The van der Waals surface area contributed by atoms with E-state index in [2.05, 4.69) is 20.1 Å². The second kappa shape index (κ2) is 8.67. The van der Waals surface area contributed by atoms with E-state index in [0.717, 1.165) is 16.2 Å². The molecule has 0 atom stereocenters. The topological polar surface area (TPSA) is 112 Å². The van der Waals surface area contributed by atoms with E-state index in [1.165, 1.54) is 12.1 Å². The zero-order chi connectivity index (χ0) is 23.8. The van der Waals surface area contributed by atoms with Gasteiger partial charge in [0.25, 0.3) is 27.8 Å². The van der Waals surface area contributed by atoms with Gasteiger partial charge in [-0.2, -0.15) is 6.57 Å². The molecule has 0 fully saturated rings. The molecule has 0 saturated carbocycles. The first-order chi connectivity index (χ1) is 15.7. The van der Waals surface area contributed by atoms with Gasteiger partial charge in [0.2, 0.25) is 0 Å². The van der Waals surface area contributed by atoms with Crippen LogP contribution in [-0.2, 0) is 10.0 Å². The number of rotatable bonds is 4. The number of carbonyl (C=O) groups excluding carboxylic acids is 2. The molecule has 0 aliphatic carbocycles. The third-order valence-corrected chi connectivity index (χ3v) is 7.75. The molecule has 4 rings (SSSR count). The SMILES string of the molecule is [C-]#[N+]/N=C(\Nc1ccc(N2C(=O)c3ccccc3C2=O)c(C)c1)NS(=O)(=O)c1ccc(Cl)s1. The number of sulfonamides is 1. The Hall–Kier alpha value is -3.72. The quantitative estimate of drug-likeness (QED) is 0.184. The summed E-state index contributed by atoms with van der Waals surface area (Å²) in [6, 6.07) is 14.1. The first-order valence-corrected chi connectivity index (χ1v) is 12.0. The van der Waals surface area contributed by atoms with Crippen LogP contribution in [0.5, 0.6) is 0 Å². The van der Waals surface area contributed by atoms with Crippen LogP contribution in [-0.4, -0.2) is 26.2 Å². The molecule has 0 radical (unpaired) electrons. The zero-order valence-corrected chi connectivity index (χ0v) is 19.3. The lowest BCUT2D eigenvalue weighted by Crippen LogP contribution is -2.35. The number of carbonyl (C=O) groups is 2. The fourth-order valence-electron chi connectivity index (χ4n) is 3.27. The third-order valence-electron chi connectivity index (χ3n) is 4.69. The average Bonchev–Trinajstić information content (AvgIpc) is 3.31. The van der Waals surface area contributed by atoms with E-state index in [-0.39, 0.29) is 10.2 Å². The molecular formula is C21H14ClN5O4S2. The molecule has 2 heterocycles. The van der Waals surface area contributed by atoms with Crippen LogP contribution in [0.3, 0.4) is 0 Å². The first-order valence-electron chi connectivity index (χ1n) is 9.29. The Kier molecular flexibility index (Phi) is 5.90. The standard InChI is InChI=1S/C21H14ClN5O4S2/c1-12-11-13(24-21(25-23-2)26-33(30,31)18-10-9-17(22)32-18)7-8-16(12)27-19(28)14-5-3-4-6-15(14)20(27)29/h3-11H,1H3,(H2,24,25,26). The summed E-state index contributed by atoms with van der Waals surface area (Å²) >= 11 is 6.67. The predicted molar refractivity (Wildman–Crippen MR) is 126 cm³/mol. The molecule has 1 aliphatic rings. The van der Waals surface area contributed by atoms with Crippen molar-refractivity contribution in [3.05, 3.63) is 87.2 Å². The molecule has 3 aromatic rings. The normalized spacial score (nSPS) is 13.6. The predicted octanol–water partition coefficient (Wildman–Crippen LogP) is 4.09. The van der Waals surface area contributed by atoms with Gasteiger partial charge in [0.05, 0.1) is 21.2 Å². The van der Waals surface area contributed by atoms with Crippen LogP contribution < -0.4 is 14.9 Å². The van der Waals surface area contributed by atoms with Gasteiger partial charge in [-0.15, -0.1) is 16.3 Å². The van der Waals surface area contributed by atoms with Gasteiger partial charge in [-0.25, -0.2) is 18.0 Å². The van der Waals surface area contributed by atoms with Crippen LogP contribution in [0.4, 0.5) is 11.4 Å². The van der Waals surface area contributed by atoms with E-state index >= 15 is 0 Å². The molecule has 2 N–H and O–H groups in total. The average molecular weight is 500 g/mol. The molecule has 2 amide bonds. The number of nitrogens with one attached hydrogen (secondary N) is 2. The summed E-state index contributed by atoms with van der Waals surface area (Å²) in [6.07, 6.45) is 0. The number of halogens is 1. The van der Waals surface area contributed by atoms with Crippen LogP contribution in [0.15, 0.2) is 63.9 Å². The number of hydrogen-bond acceptors (Lipinski definition) is 6. The van der Waals surface area contributed by atoms with E-state index in [4.69, 9.17) is 18.2 Å². The Morgan fingerprint density at radius 3 is 2.30 bits per heavy atom. The fourth-order valence-corrected chi connectivity index (χ4v) is 5.71. The van der Waals surface area contributed by atoms with Crippen molar-refractivity contribution in [3.8, 4) is 0 Å². The Bertz CT molecular complexity index is 1440. The van der Waals surface area contributed by atoms with Crippen LogP contribution in [0.1, 0.15) is 26.3 Å². The first kappa shape index (κ1) is 22.5. The maximum atomic E-state index is 12.8. The van der Waals surface area contributed by atoms with Gasteiger partial charge in [-0.05, 0) is 55.0 Å². The third kappa shape index (κ3) is 4.31. The molecular weight excluding hydrogens is 486 g/mol. The number of thiophene rings is 1. The number of fused-ring (bicyclic) bond motifs is 1. The number of guanidine groups is 1. The van der Waals surface area contributed by atoms with E-state index in [1.54, 1.807) is 49.4 Å². The molecule has 9 nitrogen and oxygen atoms in total. The van der Waals surface area contributed by atoms with Crippen molar-refractivity contribution < 1.29 is 18.0 Å². The van der Waals surface area contributed by atoms with Gasteiger partial charge >= 0.3 is 0 Å². The smallest absolute Gasteiger partial charge is 0.296 e. The molecule has 12 heteroatoms. The molecule has 1 aromatic heterocycles. The van der Waals surface area contributed by atoms with Crippen molar-refractivity contribution >= 4 is 62.1 Å². The van der Waals surface area contributed by atoms with Gasteiger partial charge in [-0.1, -0.05) is 23.7 Å². The van der Waals surface area contributed by atoms with Crippen molar-refractivity contribution in [3.63, 3.8) is 0 Å². The van der Waals surface area contributed by atoms with E-state index < -0.39 is 21.8 Å². The number of amides is 2. The lowest BCUT2D eigenvalue weighted by atomic mass is 10.1. The highest BCUT2D eigenvalue weighted by molar-refractivity contribution is 7.92. The summed E-state index contributed by atoms with van der Waals surface area (Å²) < 4.78 is 27.5. The zero-order valence-electron chi connectivity index (χ0n) is 16.9. The summed E-state index contributed by atoms with van der Waals surface area (Å²) in [5.74, 6) is -1.16. The minimum Gasteiger partial charge on any atom is -0.320 e. The molecule has 166 valence electrons. The second-order valence-electron chi connectivity index (χ2n) is 6.83. The molecule has 0 unspecified atom stereocenters. The van der Waals surface area contributed by atoms with Gasteiger partial charge in [0.1, 0.15) is 9.31 Å². The van der Waals surface area contributed by atoms with Crippen molar-refractivity contribution in [1.82, 2.24) is 4.72 Å². The van der Waals surface area contributed by atoms with E-state index in [9.17, 15) is 18.0 Å². The highest BCUT2D eigenvalue weighted by Gasteiger charge is 2.37. The molecule has 0 bridgehead atoms. The van der Waals surface area contributed by atoms with Gasteiger partial charge < -0.3 is 5.32 Å². The van der Waals surface area contributed by atoms with Gasteiger partial charge in [0.15, 0.2) is 0 Å². The number of nitrogens with zero attached hydrogens (tertiary/aromatic N) is 3. The van der Waals surface area contributed by atoms with Crippen molar-refractivity contribution in [2.75, 3.05) is 10.2 Å². The van der Waals surface area contributed by atoms with Crippen molar-refractivity contribution in [1.29, 1.82) is 0 Å². The summed E-state index contributed by atoms with van der Waals surface area (Å²) in [7, 11) is -4.01. The Balaban J connectivity index is 1.58. The second-order valence-corrected chi connectivity index (χ2v) is 10.5. The number of imide groups is 1. The maximum Gasteiger partial charge on any atom is 0.296 e. The highest BCUT2D eigenvalue weighted by atomic mass is 35.5. The summed E-state index contributed by atoms with van der Waals surface area (Å²) in [6.45, 7) is 8.68. The molecule has 1 aliphatic heterocycles. The maximum absolute atomic E-state index is 12.8. The Morgan fingerprint density at radius 1 is 1.09 bits per heavy atom. The summed E-state index contributed by atoms with van der Waals surface area (Å²) in [5.41, 5.74) is 2.02. The molecule has 0 spiro atoms. The lowest BCUT2D eigenvalue weighted by molar-refractivity contribution is 0.0926. The summed E-state index contributed by atoms with van der Waals surface area (Å²) in [5, 5.41) is 6.22. The number of aryl methyl sites for hydroxylation is 1.